The van der Waals surface area contributed by atoms with Crippen LogP contribution in [0, 0.1) is 0 Å². The van der Waals surface area contributed by atoms with E-state index < -0.39 is 6.17 Å². The van der Waals surface area contributed by atoms with Crippen molar-refractivity contribution < 1.29 is 19.0 Å². The van der Waals surface area contributed by atoms with Gasteiger partial charge in [0.2, 0.25) is 17.9 Å². The third-order valence-corrected chi connectivity index (χ3v) is 6.35. The van der Waals surface area contributed by atoms with Crippen LogP contribution in [0.4, 0.5) is 5.69 Å². The lowest BCUT2D eigenvalue weighted by atomic mass is 10.0. The van der Waals surface area contributed by atoms with E-state index in [1.807, 2.05) is 37.4 Å². The number of rotatable bonds is 4. The molecule has 32 heavy (non-hydrogen) atoms. The minimum Gasteiger partial charge on any atom is -0.454 e. The molecule has 3 aromatic rings. The van der Waals surface area contributed by atoms with Crippen molar-refractivity contribution in [2.24, 2.45) is 0 Å². The molecule has 164 valence electrons. The number of ether oxygens (including phenoxy) is 2. The number of amides is 1. The summed E-state index contributed by atoms with van der Waals surface area (Å²) in [6.45, 7) is 2.05. The summed E-state index contributed by atoms with van der Waals surface area (Å²) in [7, 11) is 0. The number of nitrogens with one attached hydrogen (secondary N) is 1. The maximum Gasteiger partial charge on any atom is 0.325 e. The summed E-state index contributed by atoms with van der Waals surface area (Å²) in [5.74, 6) is 0.975. The standard InChI is InChI=1S/C22H19ClN4O4S/c1-3-6-18(28)26-15-8-5-4-7-12(15)19-20(29)24-22(32-2)25-27(19)21(26)13-9-16-17(10-14(13)23)31-11-30-16/h4-5,7-10,21H,3,6,11H2,1-2H3/p+1/t21-/m0/s1. The lowest BCUT2D eigenvalue weighted by Gasteiger charge is -2.32. The second-order valence-corrected chi connectivity index (χ2v) is 8.59. The largest absolute Gasteiger partial charge is 0.454 e. The van der Waals surface area contributed by atoms with Crippen molar-refractivity contribution in [3.05, 3.63) is 57.3 Å². The second kappa shape index (κ2) is 8.14. The van der Waals surface area contributed by atoms with Gasteiger partial charge < -0.3 is 9.47 Å². The number of hydrogen-bond donors (Lipinski definition) is 1. The average molecular weight is 472 g/mol. The van der Waals surface area contributed by atoms with E-state index in [9.17, 15) is 9.59 Å². The number of halogens is 1. The Morgan fingerprint density at radius 1 is 1.31 bits per heavy atom. The van der Waals surface area contributed by atoms with Gasteiger partial charge in [-0.15, -0.1) is 0 Å². The fourth-order valence-electron chi connectivity index (χ4n) is 4.08. The van der Waals surface area contributed by atoms with E-state index in [0.717, 1.165) is 0 Å². The quantitative estimate of drug-likeness (QED) is 0.462. The van der Waals surface area contributed by atoms with E-state index in [1.165, 1.54) is 11.8 Å². The van der Waals surface area contributed by atoms with Crippen LogP contribution in [0.1, 0.15) is 31.5 Å². The van der Waals surface area contributed by atoms with Crippen molar-refractivity contribution in [1.82, 2.24) is 10.1 Å². The van der Waals surface area contributed by atoms with Crippen LogP contribution in [0.25, 0.3) is 11.3 Å². The molecule has 10 heteroatoms. The van der Waals surface area contributed by atoms with Gasteiger partial charge in [0.05, 0.1) is 21.8 Å². The van der Waals surface area contributed by atoms with E-state index in [4.69, 9.17) is 21.1 Å². The monoisotopic (exact) mass is 471 g/mol. The Morgan fingerprint density at radius 2 is 2.06 bits per heavy atom. The number of fused-ring (bicyclic) bond motifs is 4. The van der Waals surface area contributed by atoms with Gasteiger partial charge in [0.15, 0.2) is 11.5 Å². The zero-order chi connectivity index (χ0) is 22.4. The Hall–Kier alpha value is -3.04. The Morgan fingerprint density at radius 3 is 2.81 bits per heavy atom. The molecule has 0 fully saturated rings. The number of hydrogen-bond acceptors (Lipinski definition) is 6. The van der Waals surface area contributed by atoms with E-state index in [1.54, 1.807) is 21.7 Å². The number of aromatic amines is 1. The van der Waals surface area contributed by atoms with Crippen molar-refractivity contribution >= 4 is 35.0 Å². The molecule has 2 aliphatic rings. The molecule has 1 atom stereocenters. The maximum atomic E-state index is 13.4. The molecule has 0 spiro atoms. The van der Waals surface area contributed by atoms with Crippen LogP contribution >= 0.6 is 23.4 Å². The number of aromatic nitrogens is 3. The van der Waals surface area contributed by atoms with E-state index in [0.29, 0.717) is 57.0 Å². The van der Waals surface area contributed by atoms with Crippen LogP contribution in [0.2, 0.25) is 5.02 Å². The Balaban J connectivity index is 1.84. The topological polar surface area (TPSA) is 88.4 Å². The molecular weight excluding hydrogens is 452 g/mol. The van der Waals surface area contributed by atoms with Gasteiger partial charge in [-0.05, 0) is 35.6 Å². The highest BCUT2D eigenvalue weighted by molar-refractivity contribution is 7.98. The first-order valence-corrected chi connectivity index (χ1v) is 11.7. The highest BCUT2D eigenvalue weighted by atomic mass is 35.5. The molecule has 1 amide bonds. The highest BCUT2D eigenvalue weighted by Crippen LogP contribution is 2.43. The number of thioether (sulfide) groups is 1. The molecule has 8 nitrogen and oxygen atoms in total. The van der Waals surface area contributed by atoms with Crippen LogP contribution in [-0.2, 0) is 4.79 Å². The van der Waals surface area contributed by atoms with Crippen molar-refractivity contribution in [2.45, 2.75) is 31.1 Å². The van der Waals surface area contributed by atoms with Gasteiger partial charge in [-0.25, -0.2) is 4.90 Å². The SMILES string of the molecule is CCCC(=O)N1c2ccccc2-c2c(=O)[nH]c(SC)n[n+]2[C@H]1c1cc2c(cc1Cl)OCO2. The minimum atomic E-state index is -0.769. The predicted octanol–water partition coefficient (Wildman–Crippen LogP) is 3.52. The van der Waals surface area contributed by atoms with Crippen LogP contribution in [0.15, 0.2) is 46.3 Å². The molecule has 0 bridgehead atoms. The summed E-state index contributed by atoms with van der Waals surface area (Å²) in [5.41, 5.74) is 1.92. The third-order valence-electron chi connectivity index (χ3n) is 5.45. The molecule has 2 aliphatic heterocycles. The average Bonchev–Trinajstić information content (AvgIpc) is 3.24. The summed E-state index contributed by atoms with van der Waals surface area (Å²) >= 11 is 8.00. The first-order valence-electron chi connectivity index (χ1n) is 10.1. The molecule has 0 unspecified atom stereocenters. The van der Waals surface area contributed by atoms with Crippen LogP contribution in [0.5, 0.6) is 11.5 Å². The molecule has 2 aromatic carbocycles. The lowest BCUT2D eigenvalue weighted by molar-refractivity contribution is -0.763. The maximum absolute atomic E-state index is 13.4. The molecule has 1 aromatic heterocycles. The second-order valence-electron chi connectivity index (χ2n) is 7.39. The summed E-state index contributed by atoms with van der Waals surface area (Å²) in [5, 5.41) is 5.50. The zero-order valence-electron chi connectivity index (χ0n) is 17.4. The minimum absolute atomic E-state index is 0.0929. The number of anilines is 1. The molecule has 0 radical (unpaired) electrons. The van der Waals surface area contributed by atoms with Crippen molar-refractivity contribution in [3.8, 4) is 22.8 Å². The van der Waals surface area contributed by atoms with Crippen LogP contribution < -0.4 is 24.6 Å². The Labute approximate surface area is 193 Å². The van der Waals surface area contributed by atoms with Gasteiger partial charge in [0.25, 0.3) is 6.17 Å². The van der Waals surface area contributed by atoms with E-state index >= 15 is 0 Å². The number of carbonyl (C=O) groups is 1. The molecule has 0 aliphatic carbocycles. The van der Waals surface area contributed by atoms with Crippen LogP contribution in [-0.4, -0.2) is 29.0 Å². The fraction of sp³-hybridized carbons (Fsp3) is 0.273. The predicted molar refractivity (Wildman–Crippen MR) is 120 cm³/mol. The molecule has 0 saturated heterocycles. The Bertz CT molecular complexity index is 1300. The first-order chi connectivity index (χ1) is 15.5. The van der Waals surface area contributed by atoms with Gasteiger partial charge in [-0.3, -0.25) is 14.6 Å². The smallest absolute Gasteiger partial charge is 0.325 e. The number of carbonyl (C=O) groups excluding carboxylic acids is 1. The zero-order valence-corrected chi connectivity index (χ0v) is 19.0. The number of para-hydroxylation sites is 1. The Kier molecular flexibility index (Phi) is 5.30. The fourth-order valence-corrected chi connectivity index (χ4v) is 4.70. The molecular formula is C22H20ClN4O4S+. The van der Waals surface area contributed by atoms with Crippen molar-refractivity contribution in [2.75, 3.05) is 17.9 Å². The van der Waals surface area contributed by atoms with Gasteiger partial charge in [0.1, 0.15) is 0 Å². The van der Waals surface area contributed by atoms with Gasteiger partial charge in [0, 0.05) is 17.6 Å². The summed E-state index contributed by atoms with van der Waals surface area (Å²) in [6.07, 6.45) is 2.07. The van der Waals surface area contributed by atoms with E-state index in [2.05, 4.69) is 10.1 Å². The molecule has 0 saturated carbocycles. The van der Waals surface area contributed by atoms with Crippen molar-refractivity contribution in [1.29, 1.82) is 0 Å². The van der Waals surface area contributed by atoms with Crippen LogP contribution in [0.3, 0.4) is 0 Å². The van der Waals surface area contributed by atoms with Crippen molar-refractivity contribution in [3.63, 3.8) is 0 Å². The highest BCUT2D eigenvalue weighted by Gasteiger charge is 2.46. The molecule has 5 rings (SSSR count). The normalized spacial score (nSPS) is 16.0. The summed E-state index contributed by atoms with van der Waals surface area (Å²) in [6, 6.07) is 10.8. The van der Waals surface area contributed by atoms with Gasteiger partial charge in [-0.2, -0.15) is 0 Å². The van der Waals surface area contributed by atoms with Gasteiger partial charge >= 0.3 is 11.3 Å². The molecule has 1 N–H and O–H groups in total. The lowest BCUT2D eigenvalue weighted by Crippen LogP contribution is -2.61. The number of benzene rings is 2. The molecule has 3 heterocycles. The first kappa shape index (κ1) is 20.8. The summed E-state index contributed by atoms with van der Waals surface area (Å²) in [4.78, 5) is 31.1. The van der Waals surface area contributed by atoms with Gasteiger partial charge in [-0.1, -0.05) is 42.4 Å². The number of H-pyrrole nitrogens is 1. The number of nitrogens with zero attached hydrogens (tertiary/aromatic N) is 3. The third kappa shape index (κ3) is 3.23. The van der Waals surface area contributed by atoms with E-state index in [-0.39, 0.29) is 18.3 Å². The summed E-state index contributed by atoms with van der Waals surface area (Å²) < 4.78 is 12.6.